The van der Waals surface area contributed by atoms with E-state index in [2.05, 4.69) is 56.9 Å². The number of nitrogens with zero attached hydrogens (tertiary/aromatic N) is 7. The topological polar surface area (TPSA) is 55.0 Å². The van der Waals surface area contributed by atoms with Gasteiger partial charge < -0.3 is 4.57 Å². The van der Waals surface area contributed by atoms with Gasteiger partial charge in [-0.2, -0.15) is 5.10 Å². The van der Waals surface area contributed by atoms with Gasteiger partial charge in [0.2, 0.25) is 0 Å². The second-order valence-electron chi connectivity index (χ2n) is 8.05. The number of piperidine rings is 1. The first kappa shape index (κ1) is 17.7. The highest BCUT2D eigenvalue weighted by Crippen LogP contribution is 2.35. The maximum atomic E-state index is 4.48. The molecule has 1 saturated heterocycles. The number of hydrogen-bond acceptors (Lipinski definition) is 5. The Bertz CT molecular complexity index is 734. The first-order chi connectivity index (χ1) is 12.6. The number of aromatic nitrogens is 5. The fourth-order valence-corrected chi connectivity index (χ4v) is 4.78. The normalized spacial score (nSPS) is 24.2. The van der Waals surface area contributed by atoms with Crippen LogP contribution in [0.2, 0.25) is 0 Å². The summed E-state index contributed by atoms with van der Waals surface area (Å²) in [4.78, 5) is 4.93. The number of hydrogen-bond donors (Lipinski definition) is 0. The van der Waals surface area contributed by atoms with Crippen molar-refractivity contribution >= 4 is 0 Å². The standard InChI is InChI=1S/C19H31N7/c1-23(14-18-22-21-17-8-4-5-12-26(17)18)13-15-7-6-11-24(2)19(15)16-9-10-20-25(16)3/h9-10,15,19H,4-8,11-14H2,1-3H3/t15-,19+/m0/s1. The van der Waals surface area contributed by atoms with E-state index >= 15 is 0 Å². The van der Waals surface area contributed by atoms with Crippen molar-refractivity contribution in [3.63, 3.8) is 0 Å². The van der Waals surface area contributed by atoms with E-state index in [1.54, 1.807) is 0 Å². The van der Waals surface area contributed by atoms with Crippen molar-refractivity contribution < 1.29 is 0 Å². The second-order valence-corrected chi connectivity index (χ2v) is 8.05. The lowest BCUT2D eigenvalue weighted by Crippen LogP contribution is -2.41. The highest BCUT2D eigenvalue weighted by atomic mass is 15.3. The molecule has 2 aromatic heterocycles. The molecule has 1 fully saturated rings. The lowest BCUT2D eigenvalue weighted by Gasteiger charge is -2.40. The Balaban J connectivity index is 1.46. The predicted molar refractivity (Wildman–Crippen MR) is 101 cm³/mol. The van der Waals surface area contributed by atoms with E-state index in [1.807, 2.05) is 10.9 Å². The Labute approximate surface area is 156 Å². The smallest absolute Gasteiger partial charge is 0.147 e. The van der Waals surface area contributed by atoms with E-state index in [0.717, 1.165) is 38.4 Å². The van der Waals surface area contributed by atoms with Crippen molar-refractivity contribution in [1.82, 2.24) is 34.3 Å². The molecule has 0 amide bonds. The Morgan fingerprint density at radius 3 is 2.85 bits per heavy atom. The zero-order chi connectivity index (χ0) is 18.1. The average Bonchev–Trinajstić information content (AvgIpc) is 3.22. The highest BCUT2D eigenvalue weighted by Gasteiger charge is 2.33. The van der Waals surface area contributed by atoms with Crippen LogP contribution < -0.4 is 0 Å². The molecule has 2 atom stereocenters. The molecule has 4 heterocycles. The summed E-state index contributed by atoms with van der Waals surface area (Å²) in [5.41, 5.74) is 1.32. The lowest BCUT2D eigenvalue weighted by molar-refractivity contribution is 0.0863. The molecule has 0 aliphatic carbocycles. The van der Waals surface area contributed by atoms with Crippen LogP contribution in [0.4, 0.5) is 0 Å². The van der Waals surface area contributed by atoms with Crippen LogP contribution in [0.5, 0.6) is 0 Å². The first-order valence-electron chi connectivity index (χ1n) is 9.91. The minimum Gasteiger partial charge on any atom is -0.314 e. The molecule has 0 unspecified atom stereocenters. The molecule has 2 aromatic rings. The van der Waals surface area contributed by atoms with Crippen molar-refractivity contribution in [2.45, 2.75) is 51.2 Å². The summed E-state index contributed by atoms with van der Waals surface area (Å²) in [7, 11) is 6.53. The maximum absolute atomic E-state index is 4.48. The van der Waals surface area contributed by atoms with Gasteiger partial charge in [-0.05, 0) is 58.3 Å². The molecule has 7 heteroatoms. The molecule has 26 heavy (non-hydrogen) atoms. The van der Waals surface area contributed by atoms with Crippen LogP contribution in [-0.2, 0) is 26.6 Å². The Hall–Kier alpha value is -1.73. The molecule has 142 valence electrons. The molecule has 0 radical (unpaired) electrons. The van der Waals surface area contributed by atoms with Crippen molar-refractivity contribution in [1.29, 1.82) is 0 Å². The molecule has 0 spiro atoms. The zero-order valence-electron chi connectivity index (χ0n) is 16.3. The van der Waals surface area contributed by atoms with Crippen LogP contribution in [0.1, 0.15) is 49.1 Å². The highest BCUT2D eigenvalue weighted by molar-refractivity contribution is 5.10. The van der Waals surface area contributed by atoms with Gasteiger partial charge in [-0.3, -0.25) is 14.5 Å². The van der Waals surface area contributed by atoms with Crippen LogP contribution in [0.3, 0.4) is 0 Å². The maximum Gasteiger partial charge on any atom is 0.147 e. The lowest BCUT2D eigenvalue weighted by atomic mass is 9.87. The molecule has 4 rings (SSSR count). The molecule has 0 saturated carbocycles. The van der Waals surface area contributed by atoms with Gasteiger partial charge in [-0.15, -0.1) is 10.2 Å². The van der Waals surface area contributed by atoms with Crippen molar-refractivity contribution in [2.75, 3.05) is 27.2 Å². The molecular formula is C19H31N7. The molecule has 2 aliphatic rings. The number of likely N-dealkylation sites (tertiary alicyclic amines) is 1. The summed E-state index contributed by atoms with van der Waals surface area (Å²) in [5.74, 6) is 2.91. The van der Waals surface area contributed by atoms with E-state index in [9.17, 15) is 0 Å². The molecule has 2 aliphatic heterocycles. The predicted octanol–water partition coefficient (Wildman–Crippen LogP) is 1.86. The number of rotatable bonds is 5. The summed E-state index contributed by atoms with van der Waals surface area (Å²) in [5, 5.41) is 13.3. The van der Waals surface area contributed by atoms with Crippen LogP contribution >= 0.6 is 0 Å². The molecule has 0 bridgehead atoms. The summed E-state index contributed by atoms with van der Waals surface area (Å²) < 4.78 is 4.37. The van der Waals surface area contributed by atoms with Crippen LogP contribution in [-0.4, -0.2) is 61.5 Å². The van der Waals surface area contributed by atoms with E-state index in [4.69, 9.17) is 0 Å². The molecule has 0 N–H and O–H groups in total. The third-order valence-corrected chi connectivity index (χ3v) is 6.06. The molecule has 7 nitrogen and oxygen atoms in total. The summed E-state index contributed by atoms with van der Waals surface area (Å²) in [6.07, 6.45) is 8.02. The van der Waals surface area contributed by atoms with Gasteiger partial charge in [-0.1, -0.05) is 0 Å². The van der Waals surface area contributed by atoms with Crippen molar-refractivity contribution in [2.24, 2.45) is 13.0 Å². The third-order valence-electron chi connectivity index (χ3n) is 6.06. The Kier molecular flexibility index (Phi) is 5.09. The van der Waals surface area contributed by atoms with Gasteiger partial charge in [0.1, 0.15) is 11.6 Å². The summed E-state index contributed by atoms with van der Waals surface area (Å²) >= 11 is 0. The zero-order valence-corrected chi connectivity index (χ0v) is 16.3. The fraction of sp³-hybridized carbons (Fsp3) is 0.737. The Morgan fingerprint density at radius 2 is 2.04 bits per heavy atom. The largest absolute Gasteiger partial charge is 0.314 e. The van der Waals surface area contributed by atoms with Gasteiger partial charge in [0.25, 0.3) is 0 Å². The minimum absolute atomic E-state index is 0.436. The second kappa shape index (κ2) is 7.48. The van der Waals surface area contributed by atoms with Crippen LogP contribution in [0, 0.1) is 5.92 Å². The van der Waals surface area contributed by atoms with Gasteiger partial charge in [0.15, 0.2) is 0 Å². The number of fused-ring (bicyclic) bond motifs is 1. The summed E-state index contributed by atoms with van der Waals surface area (Å²) in [6, 6.07) is 2.61. The quantitative estimate of drug-likeness (QED) is 0.818. The van der Waals surface area contributed by atoms with Gasteiger partial charge in [0, 0.05) is 32.8 Å². The van der Waals surface area contributed by atoms with E-state index in [0.29, 0.717) is 12.0 Å². The van der Waals surface area contributed by atoms with E-state index in [-0.39, 0.29) is 0 Å². The van der Waals surface area contributed by atoms with Crippen LogP contribution in [0.25, 0.3) is 0 Å². The van der Waals surface area contributed by atoms with Gasteiger partial charge >= 0.3 is 0 Å². The van der Waals surface area contributed by atoms with Crippen molar-refractivity contribution in [3.8, 4) is 0 Å². The Morgan fingerprint density at radius 1 is 1.15 bits per heavy atom. The fourth-order valence-electron chi connectivity index (χ4n) is 4.78. The number of aryl methyl sites for hydroxylation is 2. The summed E-state index contributed by atoms with van der Waals surface area (Å²) in [6.45, 7) is 4.19. The van der Waals surface area contributed by atoms with Crippen LogP contribution in [0.15, 0.2) is 12.3 Å². The minimum atomic E-state index is 0.436. The monoisotopic (exact) mass is 357 g/mol. The van der Waals surface area contributed by atoms with Crippen molar-refractivity contribution in [3.05, 3.63) is 29.6 Å². The van der Waals surface area contributed by atoms with Gasteiger partial charge in [-0.25, -0.2) is 0 Å². The average molecular weight is 358 g/mol. The van der Waals surface area contributed by atoms with E-state index < -0.39 is 0 Å². The molecular weight excluding hydrogens is 326 g/mol. The van der Waals surface area contributed by atoms with Gasteiger partial charge in [0.05, 0.1) is 18.3 Å². The van der Waals surface area contributed by atoms with E-state index in [1.165, 1.54) is 37.2 Å². The molecule has 0 aromatic carbocycles. The third kappa shape index (κ3) is 3.42. The SMILES string of the molecule is CN(Cc1nnc2n1CCCC2)C[C@@H]1CCCN(C)[C@H]1c1ccnn1C. The first-order valence-corrected chi connectivity index (χ1v) is 9.91.